The van der Waals surface area contributed by atoms with Crippen molar-refractivity contribution in [3.8, 4) is 0 Å². The Morgan fingerprint density at radius 1 is 1.16 bits per heavy atom. The van der Waals surface area contributed by atoms with Gasteiger partial charge in [-0.25, -0.2) is 13.1 Å². The average molecular weight is 503 g/mol. The SMILES string of the molecule is CCNC(=NCCCNS(=O)(=O)CC)NCCc1ccccc1Cl.I. The van der Waals surface area contributed by atoms with E-state index in [-0.39, 0.29) is 29.7 Å². The van der Waals surface area contributed by atoms with Crippen molar-refractivity contribution in [3.63, 3.8) is 0 Å². The van der Waals surface area contributed by atoms with Crippen molar-refractivity contribution in [3.05, 3.63) is 34.9 Å². The van der Waals surface area contributed by atoms with Crippen LogP contribution < -0.4 is 15.4 Å². The van der Waals surface area contributed by atoms with Crippen molar-refractivity contribution < 1.29 is 8.42 Å². The Morgan fingerprint density at radius 2 is 1.88 bits per heavy atom. The quantitative estimate of drug-likeness (QED) is 0.199. The van der Waals surface area contributed by atoms with Gasteiger partial charge in [0.25, 0.3) is 0 Å². The maximum atomic E-state index is 11.3. The van der Waals surface area contributed by atoms with Crippen LogP contribution in [0, 0.1) is 0 Å². The Labute approximate surface area is 173 Å². The Hall–Kier alpha value is -0.580. The second kappa shape index (κ2) is 13.6. The van der Waals surface area contributed by atoms with Crippen molar-refractivity contribution in [2.24, 2.45) is 4.99 Å². The van der Waals surface area contributed by atoms with Gasteiger partial charge in [0.15, 0.2) is 5.96 Å². The van der Waals surface area contributed by atoms with E-state index >= 15 is 0 Å². The monoisotopic (exact) mass is 502 g/mol. The summed E-state index contributed by atoms with van der Waals surface area (Å²) < 4.78 is 25.2. The number of aliphatic imine (C=N–C) groups is 1. The highest BCUT2D eigenvalue weighted by Gasteiger charge is 2.04. The predicted octanol–water partition coefficient (Wildman–Crippen LogP) is 2.39. The van der Waals surface area contributed by atoms with E-state index in [1.54, 1.807) is 6.92 Å². The normalized spacial score (nSPS) is 11.7. The molecular formula is C16H28ClIN4O2S. The Bertz CT molecular complexity index is 626. The Kier molecular flexibility index (Phi) is 13.3. The fourth-order valence-electron chi connectivity index (χ4n) is 1.96. The van der Waals surface area contributed by atoms with E-state index < -0.39 is 10.0 Å². The van der Waals surface area contributed by atoms with Gasteiger partial charge in [0.05, 0.1) is 5.75 Å². The molecule has 0 fully saturated rings. The molecule has 0 aromatic heterocycles. The number of halogens is 2. The summed E-state index contributed by atoms with van der Waals surface area (Å²) in [5.74, 6) is 0.825. The van der Waals surface area contributed by atoms with Gasteiger partial charge in [0.2, 0.25) is 10.0 Å². The van der Waals surface area contributed by atoms with Crippen molar-refractivity contribution in [2.75, 3.05) is 31.9 Å². The third-order valence-electron chi connectivity index (χ3n) is 3.30. The molecule has 144 valence electrons. The third kappa shape index (κ3) is 10.9. The van der Waals surface area contributed by atoms with Crippen LogP contribution in [0.1, 0.15) is 25.8 Å². The van der Waals surface area contributed by atoms with Crippen LogP contribution in [0.25, 0.3) is 0 Å². The maximum Gasteiger partial charge on any atom is 0.211 e. The number of sulfonamides is 1. The van der Waals surface area contributed by atoms with Gasteiger partial charge in [0, 0.05) is 31.2 Å². The lowest BCUT2D eigenvalue weighted by atomic mass is 10.1. The van der Waals surface area contributed by atoms with Crippen molar-refractivity contribution in [2.45, 2.75) is 26.7 Å². The summed E-state index contributed by atoms with van der Waals surface area (Å²) in [6.45, 7) is 6.05. The number of nitrogens with zero attached hydrogens (tertiary/aromatic N) is 1. The van der Waals surface area contributed by atoms with Gasteiger partial charge in [-0.3, -0.25) is 4.99 Å². The molecule has 0 aliphatic rings. The lowest BCUT2D eigenvalue weighted by molar-refractivity contribution is 0.581. The van der Waals surface area contributed by atoms with E-state index in [1.165, 1.54) is 0 Å². The topological polar surface area (TPSA) is 82.6 Å². The van der Waals surface area contributed by atoms with E-state index in [0.29, 0.717) is 19.5 Å². The van der Waals surface area contributed by atoms with Gasteiger partial charge in [-0.15, -0.1) is 24.0 Å². The zero-order valence-corrected chi connectivity index (χ0v) is 18.6. The summed E-state index contributed by atoms with van der Waals surface area (Å²) in [7, 11) is -3.12. The van der Waals surface area contributed by atoms with Crippen LogP contribution in [-0.2, 0) is 16.4 Å². The highest BCUT2D eigenvalue weighted by atomic mass is 127. The predicted molar refractivity (Wildman–Crippen MR) is 117 cm³/mol. The zero-order chi connectivity index (χ0) is 17.8. The minimum Gasteiger partial charge on any atom is -0.357 e. The molecule has 6 nitrogen and oxygen atoms in total. The second-order valence-electron chi connectivity index (χ2n) is 5.18. The molecule has 0 heterocycles. The molecule has 25 heavy (non-hydrogen) atoms. The molecule has 1 aromatic rings. The molecule has 0 radical (unpaired) electrons. The first kappa shape index (κ1) is 24.4. The van der Waals surface area contributed by atoms with Gasteiger partial charge in [-0.2, -0.15) is 0 Å². The van der Waals surface area contributed by atoms with E-state index in [4.69, 9.17) is 11.6 Å². The smallest absolute Gasteiger partial charge is 0.211 e. The lowest BCUT2D eigenvalue weighted by Gasteiger charge is -2.12. The summed E-state index contributed by atoms with van der Waals surface area (Å²) in [4.78, 5) is 4.44. The second-order valence-corrected chi connectivity index (χ2v) is 7.68. The summed E-state index contributed by atoms with van der Waals surface area (Å²) in [6.07, 6.45) is 1.46. The number of nitrogens with one attached hydrogen (secondary N) is 3. The van der Waals surface area contributed by atoms with Gasteiger partial charge < -0.3 is 10.6 Å². The molecule has 0 spiro atoms. The highest BCUT2D eigenvalue weighted by molar-refractivity contribution is 14.0. The van der Waals surface area contributed by atoms with Crippen LogP contribution in [0.3, 0.4) is 0 Å². The first-order chi connectivity index (χ1) is 11.5. The van der Waals surface area contributed by atoms with Crippen LogP contribution in [-0.4, -0.2) is 46.3 Å². The van der Waals surface area contributed by atoms with Gasteiger partial charge in [-0.05, 0) is 38.3 Å². The zero-order valence-electron chi connectivity index (χ0n) is 14.7. The standard InChI is InChI=1S/C16H27ClN4O2S.HI/c1-3-18-16(19-11-7-12-21-24(22,23)4-2)20-13-10-14-8-5-6-9-15(14)17;/h5-6,8-9,21H,3-4,7,10-13H2,1-2H3,(H2,18,19,20);1H. The molecule has 0 amide bonds. The van der Waals surface area contributed by atoms with Crippen LogP contribution in [0.5, 0.6) is 0 Å². The first-order valence-electron chi connectivity index (χ1n) is 8.21. The van der Waals surface area contributed by atoms with Gasteiger partial charge in [0.1, 0.15) is 0 Å². The van der Waals surface area contributed by atoms with Crippen LogP contribution in [0.4, 0.5) is 0 Å². The third-order valence-corrected chi connectivity index (χ3v) is 5.07. The van der Waals surface area contributed by atoms with Crippen molar-refractivity contribution >= 4 is 51.6 Å². The highest BCUT2D eigenvalue weighted by Crippen LogP contribution is 2.14. The van der Waals surface area contributed by atoms with Crippen LogP contribution >= 0.6 is 35.6 Å². The fraction of sp³-hybridized carbons (Fsp3) is 0.562. The number of guanidine groups is 1. The number of benzene rings is 1. The summed E-state index contributed by atoms with van der Waals surface area (Å²) in [5, 5.41) is 7.19. The van der Waals surface area contributed by atoms with E-state index in [1.807, 2.05) is 31.2 Å². The lowest BCUT2D eigenvalue weighted by Crippen LogP contribution is -2.38. The average Bonchev–Trinajstić information content (AvgIpc) is 2.56. The number of rotatable bonds is 10. The maximum absolute atomic E-state index is 11.3. The van der Waals surface area contributed by atoms with Crippen molar-refractivity contribution in [1.29, 1.82) is 0 Å². The largest absolute Gasteiger partial charge is 0.357 e. The van der Waals surface area contributed by atoms with Gasteiger partial charge >= 0.3 is 0 Å². The molecule has 0 bridgehead atoms. The first-order valence-corrected chi connectivity index (χ1v) is 10.2. The molecule has 1 rings (SSSR count). The van der Waals surface area contributed by atoms with Gasteiger partial charge in [-0.1, -0.05) is 29.8 Å². The number of hydrogen-bond acceptors (Lipinski definition) is 3. The van der Waals surface area contributed by atoms with E-state index in [9.17, 15) is 8.42 Å². The molecule has 0 atom stereocenters. The van der Waals surface area contributed by atoms with Crippen molar-refractivity contribution in [1.82, 2.24) is 15.4 Å². The fourth-order valence-corrected chi connectivity index (χ4v) is 2.85. The molecule has 3 N–H and O–H groups in total. The molecule has 9 heteroatoms. The molecular weight excluding hydrogens is 475 g/mol. The molecule has 0 saturated heterocycles. The van der Waals surface area contributed by atoms with E-state index in [0.717, 1.165) is 36.1 Å². The molecule has 0 unspecified atom stereocenters. The summed E-state index contributed by atoms with van der Waals surface area (Å²) in [5.41, 5.74) is 1.09. The Morgan fingerprint density at radius 3 is 2.52 bits per heavy atom. The Balaban J connectivity index is 0.00000576. The molecule has 0 saturated carbocycles. The minimum absolute atomic E-state index is 0. The number of hydrogen-bond donors (Lipinski definition) is 3. The van der Waals surface area contributed by atoms with Crippen LogP contribution in [0.2, 0.25) is 5.02 Å². The summed E-state index contributed by atoms with van der Waals surface area (Å²) >= 11 is 6.14. The minimum atomic E-state index is -3.12. The molecule has 0 aliphatic carbocycles. The van der Waals surface area contributed by atoms with E-state index in [2.05, 4.69) is 20.3 Å². The van der Waals surface area contributed by atoms with Crippen LogP contribution in [0.15, 0.2) is 29.3 Å². The summed E-state index contributed by atoms with van der Waals surface area (Å²) in [6, 6.07) is 7.77. The molecule has 0 aliphatic heterocycles. The molecule has 1 aromatic carbocycles.